The van der Waals surface area contributed by atoms with Crippen molar-refractivity contribution < 1.29 is 37.1 Å². The van der Waals surface area contributed by atoms with Gasteiger partial charge in [-0.15, -0.1) is 0 Å². The lowest BCUT2D eigenvalue weighted by Gasteiger charge is -2.35. The van der Waals surface area contributed by atoms with E-state index >= 15 is 0 Å². The Morgan fingerprint density at radius 2 is 1.42 bits per heavy atom. The molecule has 0 spiro atoms. The zero-order valence-corrected chi connectivity index (χ0v) is 21.8. The molecule has 36 heavy (non-hydrogen) atoms. The van der Waals surface area contributed by atoms with Crippen molar-refractivity contribution in [3.05, 3.63) is 71.8 Å². The van der Waals surface area contributed by atoms with Crippen LogP contribution in [0.5, 0.6) is 0 Å². The Kier molecular flexibility index (Phi) is 10.6. The first kappa shape index (κ1) is 29.4. The summed E-state index contributed by atoms with van der Waals surface area (Å²) >= 11 is 0. The molecule has 0 radical (unpaired) electrons. The van der Waals surface area contributed by atoms with Crippen LogP contribution in [0.3, 0.4) is 0 Å². The monoisotopic (exact) mass is 521 g/mol. The van der Waals surface area contributed by atoms with Crippen molar-refractivity contribution in [2.24, 2.45) is 5.92 Å². The number of aliphatic carboxylic acids is 1. The first-order chi connectivity index (χ1) is 16.7. The number of carbonyl (C=O) groups is 2. The van der Waals surface area contributed by atoms with Gasteiger partial charge in [-0.05, 0) is 38.3 Å². The van der Waals surface area contributed by atoms with Crippen molar-refractivity contribution in [1.82, 2.24) is 4.90 Å². The molecule has 9 nitrogen and oxygen atoms in total. The van der Waals surface area contributed by atoms with E-state index in [0.717, 1.165) is 17.4 Å². The van der Waals surface area contributed by atoms with Gasteiger partial charge in [0.05, 0.1) is 24.9 Å². The fourth-order valence-electron chi connectivity index (χ4n) is 3.77. The van der Waals surface area contributed by atoms with E-state index in [9.17, 15) is 28.2 Å². The van der Waals surface area contributed by atoms with Gasteiger partial charge in [-0.25, -0.2) is 0 Å². The summed E-state index contributed by atoms with van der Waals surface area (Å²) in [5.41, 5.74) is 0.767. The summed E-state index contributed by atoms with van der Waals surface area (Å²) in [5.74, 6) is -3.39. The minimum absolute atomic E-state index is 0.210. The minimum atomic E-state index is -3.84. The number of carbonyl (C=O) groups excluding carboxylic acids is 1. The normalized spacial score (nSPS) is 14.7. The number of carboxylic acid groups (broad SMARTS) is 1. The Balaban J connectivity index is 2.47. The summed E-state index contributed by atoms with van der Waals surface area (Å²) < 4.78 is 32.9. The summed E-state index contributed by atoms with van der Waals surface area (Å²) in [5, 5.41) is 20.8. The van der Waals surface area contributed by atoms with Crippen LogP contribution in [0.4, 0.5) is 0 Å². The predicted octanol–water partition coefficient (Wildman–Crippen LogP) is 2.83. The molecule has 2 aromatic carbocycles. The van der Waals surface area contributed by atoms with Crippen LogP contribution in [0.25, 0.3) is 0 Å². The van der Waals surface area contributed by atoms with Gasteiger partial charge in [0.25, 0.3) is 10.1 Å². The van der Waals surface area contributed by atoms with Gasteiger partial charge in [0, 0.05) is 13.1 Å². The molecule has 0 saturated heterocycles. The Hall–Kier alpha value is -2.79. The number of hydrogen-bond acceptors (Lipinski definition) is 8. The Morgan fingerprint density at radius 3 is 1.81 bits per heavy atom. The first-order valence-corrected chi connectivity index (χ1v) is 13.4. The first-order valence-electron chi connectivity index (χ1n) is 11.5. The number of hydrogen-bond donors (Lipinski definition) is 2. The van der Waals surface area contributed by atoms with E-state index in [0.29, 0.717) is 0 Å². The van der Waals surface area contributed by atoms with E-state index in [1.165, 1.54) is 0 Å². The molecule has 0 aliphatic carbocycles. The van der Waals surface area contributed by atoms with Crippen molar-refractivity contribution in [3.63, 3.8) is 0 Å². The van der Waals surface area contributed by atoms with Crippen LogP contribution >= 0.6 is 0 Å². The highest BCUT2D eigenvalue weighted by Gasteiger charge is 2.41. The topological polar surface area (TPSA) is 130 Å². The van der Waals surface area contributed by atoms with Crippen molar-refractivity contribution >= 4 is 22.1 Å². The van der Waals surface area contributed by atoms with Gasteiger partial charge in [0.2, 0.25) is 0 Å². The van der Waals surface area contributed by atoms with Crippen molar-refractivity contribution in [1.29, 1.82) is 0 Å². The highest BCUT2D eigenvalue weighted by molar-refractivity contribution is 7.85. The van der Waals surface area contributed by atoms with Gasteiger partial charge >= 0.3 is 11.9 Å². The molecular formula is C26H35NO8S. The van der Waals surface area contributed by atoms with E-state index in [1.54, 1.807) is 25.7 Å². The highest BCUT2D eigenvalue weighted by atomic mass is 32.2. The molecular weight excluding hydrogens is 486 g/mol. The van der Waals surface area contributed by atoms with Crippen LogP contribution in [0.15, 0.2) is 60.7 Å². The van der Waals surface area contributed by atoms with Crippen LogP contribution in [-0.4, -0.2) is 66.1 Å². The van der Waals surface area contributed by atoms with Crippen LogP contribution in [0.2, 0.25) is 0 Å². The number of esters is 1. The lowest BCUT2D eigenvalue weighted by molar-refractivity contribution is -0.170. The molecule has 0 aromatic heterocycles. The minimum Gasteiger partial charge on any atom is -0.480 e. The maximum atomic E-state index is 13.3. The summed E-state index contributed by atoms with van der Waals surface area (Å²) in [6, 6.07) is 17.1. The van der Waals surface area contributed by atoms with E-state index in [1.807, 2.05) is 60.7 Å². The number of benzene rings is 2. The molecule has 0 heterocycles. The summed E-state index contributed by atoms with van der Waals surface area (Å²) in [6.07, 6.45) is -0.956. The average Bonchev–Trinajstić information content (AvgIpc) is 2.76. The maximum Gasteiger partial charge on any atom is 0.321 e. The van der Waals surface area contributed by atoms with Gasteiger partial charge in [-0.2, -0.15) is 8.42 Å². The van der Waals surface area contributed by atoms with E-state index in [-0.39, 0.29) is 19.5 Å². The average molecular weight is 522 g/mol. The summed E-state index contributed by atoms with van der Waals surface area (Å²) in [7, 11) is -3.84. The molecule has 0 aliphatic rings. The third-order valence-electron chi connectivity index (χ3n) is 5.19. The van der Waals surface area contributed by atoms with Crippen molar-refractivity contribution in [2.45, 2.75) is 58.0 Å². The molecule has 2 rings (SSSR count). The fourth-order valence-corrected chi connectivity index (χ4v) is 4.17. The molecule has 2 N–H and O–H groups in total. The smallest absolute Gasteiger partial charge is 0.321 e. The third kappa shape index (κ3) is 10.4. The second-order valence-corrected chi connectivity index (χ2v) is 11.3. The Bertz CT molecular complexity index is 1040. The summed E-state index contributed by atoms with van der Waals surface area (Å²) in [6.45, 7) is 4.79. The van der Waals surface area contributed by atoms with Crippen LogP contribution in [0, 0.1) is 5.92 Å². The zero-order chi connectivity index (χ0) is 26.9. The quantitative estimate of drug-likeness (QED) is 0.302. The van der Waals surface area contributed by atoms with Crippen LogP contribution in [-0.2, 0) is 41.7 Å². The Morgan fingerprint density at radius 1 is 0.944 bits per heavy atom. The fraction of sp³-hybridized carbons (Fsp3) is 0.462. The molecule has 0 saturated carbocycles. The summed E-state index contributed by atoms with van der Waals surface area (Å²) in [4.78, 5) is 27.6. The second kappa shape index (κ2) is 13.0. The van der Waals surface area contributed by atoms with E-state index in [4.69, 9.17) is 4.74 Å². The Labute approximate surface area is 212 Å². The van der Waals surface area contributed by atoms with Gasteiger partial charge in [0.1, 0.15) is 11.6 Å². The molecule has 10 heteroatoms. The number of rotatable bonds is 13. The van der Waals surface area contributed by atoms with E-state index < -0.39 is 52.3 Å². The van der Waals surface area contributed by atoms with Gasteiger partial charge < -0.3 is 14.9 Å². The number of aliphatic hydroxyl groups excluding tert-OH is 1. The maximum absolute atomic E-state index is 13.3. The lowest BCUT2D eigenvalue weighted by Crippen LogP contribution is -2.50. The molecule has 0 bridgehead atoms. The predicted molar refractivity (Wildman–Crippen MR) is 134 cm³/mol. The molecule has 0 amide bonds. The molecule has 0 aliphatic heterocycles. The highest BCUT2D eigenvalue weighted by Crippen LogP contribution is 2.26. The van der Waals surface area contributed by atoms with Crippen molar-refractivity contribution in [3.8, 4) is 0 Å². The van der Waals surface area contributed by atoms with Crippen LogP contribution in [0.1, 0.15) is 38.3 Å². The van der Waals surface area contributed by atoms with Crippen LogP contribution < -0.4 is 0 Å². The molecule has 2 aromatic rings. The molecule has 3 atom stereocenters. The van der Waals surface area contributed by atoms with Gasteiger partial charge in [-0.3, -0.25) is 18.7 Å². The number of nitrogens with zero attached hydrogens (tertiary/aromatic N) is 1. The third-order valence-corrected chi connectivity index (χ3v) is 5.76. The standard InChI is InChI=1S/C26H35NO8S/c1-26(2,3)35-25(31)22(15-21(28)18-34-36(4,32)33)23(24(29)30)27(16-19-11-7-5-8-12-19)17-20-13-9-6-10-14-20/h5-14,21-23,28H,15-18H2,1-4H3,(H,29,30)/t21?,22-,23-/m0/s1. The van der Waals surface area contributed by atoms with E-state index in [2.05, 4.69) is 4.18 Å². The molecule has 0 fully saturated rings. The largest absolute Gasteiger partial charge is 0.480 e. The van der Waals surface area contributed by atoms with Crippen molar-refractivity contribution in [2.75, 3.05) is 12.9 Å². The van der Waals surface area contributed by atoms with Gasteiger partial charge in [0.15, 0.2) is 0 Å². The number of carboxylic acids is 1. The van der Waals surface area contributed by atoms with Gasteiger partial charge in [-0.1, -0.05) is 60.7 Å². The molecule has 198 valence electrons. The lowest BCUT2D eigenvalue weighted by atomic mass is 9.91. The zero-order valence-electron chi connectivity index (χ0n) is 21.0. The second-order valence-electron chi connectivity index (χ2n) is 9.68. The molecule has 1 unspecified atom stereocenters. The number of ether oxygens (including phenoxy) is 1. The number of aliphatic hydroxyl groups is 1. The SMILES string of the molecule is CC(C)(C)OC(=O)[C@@H](CC(O)COS(C)(=O)=O)[C@@H](C(=O)O)N(Cc1ccccc1)Cc1ccccc1.